The summed E-state index contributed by atoms with van der Waals surface area (Å²) in [5.41, 5.74) is 0.681. The fraction of sp³-hybridized carbons (Fsp3) is 0.240. The summed E-state index contributed by atoms with van der Waals surface area (Å²) in [6, 6.07) is 12.2. The molecule has 1 amide bonds. The Labute approximate surface area is 196 Å². The molecule has 1 fully saturated rings. The molecule has 1 atom stereocenters. The number of hydrogen-bond acceptors (Lipinski definition) is 8. The van der Waals surface area contributed by atoms with E-state index in [4.69, 9.17) is 18.7 Å². The number of benzene rings is 2. The molecule has 3 aromatic rings. The molecular formula is C25H24N2O7. The van der Waals surface area contributed by atoms with Gasteiger partial charge in [-0.3, -0.25) is 14.5 Å². The number of nitrogens with zero attached hydrogens (tertiary/aromatic N) is 2. The van der Waals surface area contributed by atoms with Crippen molar-refractivity contribution < 1.29 is 33.4 Å². The molecule has 34 heavy (non-hydrogen) atoms. The van der Waals surface area contributed by atoms with E-state index in [1.165, 1.54) is 19.1 Å². The average Bonchev–Trinajstić information content (AvgIpc) is 3.39. The van der Waals surface area contributed by atoms with Crippen molar-refractivity contribution in [1.82, 2.24) is 5.16 Å². The van der Waals surface area contributed by atoms with Crippen molar-refractivity contribution in [3.63, 3.8) is 0 Å². The van der Waals surface area contributed by atoms with Crippen molar-refractivity contribution >= 4 is 23.3 Å². The molecule has 1 aliphatic heterocycles. The molecular weight excluding hydrogens is 440 g/mol. The minimum absolute atomic E-state index is 0.110. The monoisotopic (exact) mass is 464 g/mol. The Balaban J connectivity index is 1.95. The van der Waals surface area contributed by atoms with Gasteiger partial charge < -0.3 is 23.8 Å². The van der Waals surface area contributed by atoms with Gasteiger partial charge in [0.2, 0.25) is 0 Å². The van der Waals surface area contributed by atoms with Crippen LogP contribution in [0.15, 0.2) is 58.6 Å². The summed E-state index contributed by atoms with van der Waals surface area (Å²) in [5.74, 6) is -0.108. The summed E-state index contributed by atoms with van der Waals surface area (Å²) in [5, 5.41) is 15.2. The number of anilines is 1. The quantitative estimate of drug-likeness (QED) is 0.317. The summed E-state index contributed by atoms with van der Waals surface area (Å²) < 4.78 is 21.6. The van der Waals surface area contributed by atoms with Gasteiger partial charge in [-0.05, 0) is 44.2 Å². The molecule has 4 rings (SSSR count). The van der Waals surface area contributed by atoms with Crippen LogP contribution in [0.4, 0.5) is 5.82 Å². The molecule has 9 nitrogen and oxygen atoms in total. The predicted molar refractivity (Wildman–Crippen MR) is 123 cm³/mol. The Hall–Kier alpha value is -4.27. The number of hydrogen-bond donors (Lipinski definition) is 1. The minimum Gasteiger partial charge on any atom is -0.507 e. The second-order valence-electron chi connectivity index (χ2n) is 7.50. The van der Waals surface area contributed by atoms with E-state index in [-0.39, 0.29) is 17.2 Å². The van der Waals surface area contributed by atoms with Gasteiger partial charge in [-0.25, -0.2) is 0 Å². The van der Waals surface area contributed by atoms with Crippen LogP contribution in [0, 0.1) is 6.92 Å². The van der Waals surface area contributed by atoms with E-state index in [0.29, 0.717) is 40.7 Å². The Morgan fingerprint density at radius 2 is 1.85 bits per heavy atom. The van der Waals surface area contributed by atoms with Gasteiger partial charge in [0.25, 0.3) is 5.78 Å². The highest BCUT2D eigenvalue weighted by Gasteiger charge is 2.49. The minimum atomic E-state index is -1.04. The summed E-state index contributed by atoms with van der Waals surface area (Å²) in [4.78, 5) is 27.6. The summed E-state index contributed by atoms with van der Waals surface area (Å²) in [6.07, 6.45) is 0. The van der Waals surface area contributed by atoms with Gasteiger partial charge in [0.15, 0.2) is 17.3 Å². The lowest BCUT2D eigenvalue weighted by atomic mass is 9.94. The summed E-state index contributed by atoms with van der Waals surface area (Å²) in [7, 11) is 2.94. The number of aryl methyl sites for hydroxylation is 1. The van der Waals surface area contributed by atoms with E-state index < -0.39 is 17.7 Å². The number of carbonyl (C=O) groups excluding carboxylic acids is 2. The Morgan fingerprint density at radius 3 is 2.44 bits per heavy atom. The maximum absolute atomic E-state index is 13.3. The molecule has 0 spiro atoms. The second-order valence-corrected chi connectivity index (χ2v) is 7.50. The van der Waals surface area contributed by atoms with E-state index in [2.05, 4.69) is 5.16 Å². The third kappa shape index (κ3) is 3.85. The first kappa shape index (κ1) is 22.9. The third-order valence-corrected chi connectivity index (χ3v) is 5.47. The average molecular weight is 464 g/mol. The summed E-state index contributed by atoms with van der Waals surface area (Å²) >= 11 is 0. The highest BCUT2D eigenvalue weighted by Crippen LogP contribution is 2.47. The van der Waals surface area contributed by atoms with Crippen molar-refractivity contribution in [2.75, 3.05) is 25.7 Å². The van der Waals surface area contributed by atoms with Gasteiger partial charge in [-0.15, -0.1) is 0 Å². The van der Waals surface area contributed by atoms with Crippen LogP contribution in [-0.4, -0.2) is 42.8 Å². The maximum Gasteiger partial charge on any atom is 0.301 e. The molecule has 1 aromatic heterocycles. The number of methoxy groups -OCH3 is 2. The van der Waals surface area contributed by atoms with Crippen LogP contribution in [0.2, 0.25) is 0 Å². The number of aliphatic hydroxyl groups is 1. The molecule has 0 saturated carbocycles. The number of rotatable bonds is 7. The molecule has 1 N–H and O–H groups in total. The molecule has 2 aromatic carbocycles. The van der Waals surface area contributed by atoms with E-state index in [1.54, 1.807) is 55.5 Å². The smallest absolute Gasteiger partial charge is 0.301 e. The van der Waals surface area contributed by atoms with Crippen molar-refractivity contribution in [3.8, 4) is 17.2 Å². The Morgan fingerprint density at radius 1 is 1.12 bits per heavy atom. The van der Waals surface area contributed by atoms with Gasteiger partial charge >= 0.3 is 5.91 Å². The van der Waals surface area contributed by atoms with Crippen molar-refractivity contribution in [2.24, 2.45) is 0 Å². The highest BCUT2D eigenvalue weighted by atomic mass is 16.5. The maximum atomic E-state index is 13.3. The normalized spacial score (nSPS) is 17.2. The van der Waals surface area contributed by atoms with Gasteiger partial charge in [-0.1, -0.05) is 17.3 Å². The molecule has 0 radical (unpaired) electrons. The van der Waals surface area contributed by atoms with Crippen LogP contribution in [0.3, 0.4) is 0 Å². The molecule has 1 unspecified atom stereocenters. The fourth-order valence-electron chi connectivity index (χ4n) is 3.99. The molecule has 1 aliphatic rings. The van der Waals surface area contributed by atoms with Crippen LogP contribution in [0.5, 0.6) is 17.2 Å². The standard InChI is InChI=1S/C25H24N2O7/c1-5-33-16-11-9-15(10-12-16)22(28)20-21(17-7-6-8-18(31-3)24(17)32-4)27(25(30)23(20)29)19-13-14(2)34-26-19/h6-13,21,28H,5H2,1-4H3/b22-20+. The number of para-hydroxylation sites is 1. The molecule has 176 valence electrons. The lowest BCUT2D eigenvalue weighted by molar-refractivity contribution is -0.132. The first-order chi connectivity index (χ1) is 16.4. The number of amides is 1. The topological polar surface area (TPSA) is 111 Å². The Kier molecular flexibility index (Phi) is 6.27. The SMILES string of the molecule is CCOc1ccc(/C(O)=C2\C(=O)C(=O)N(c3cc(C)on3)C2c2cccc(OC)c2OC)cc1. The van der Waals surface area contributed by atoms with Crippen molar-refractivity contribution in [3.05, 3.63) is 71.0 Å². The van der Waals surface area contributed by atoms with E-state index in [0.717, 1.165) is 0 Å². The molecule has 1 saturated heterocycles. The first-order valence-electron chi connectivity index (χ1n) is 10.6. The van der Waals surface area contributed by atoms with E-state index >= 15 is 0 Å². The number of aromatic nitrogens is 1. The van der Waals surface area contributed by atoms with Crippen LogP contribution in [-0.2, 0) is 9.59 Å². The van der Waals surface area contributed by atoms with Gasteiger partial charge in [0.1, 0.15) is 23.3 Å². The third-order valence-electron chi connectivity index (χ3n) is 5.47. The molecule has 2 heterocycles. The van der Waals surface area contributed by atoms with Crippen molar-refractivity contribution in [2.45, 2.75) is 19.9 Å². The first-order valence-corrected chi connectivity index (χ1v) is 10.6. The van der Waals surface area contributed by atoms with E-state index in [1.807, 2.05) is 6.92 Å². The second kappa shape index (κ2) is 9.30. The zero-order valence-corrected chi connectivity index (χ0v) is 19.2. The molecule has 9 heteroatoms. The van der Waals surface area contributed by atoms with Gasteiger partial charge in [0.05, 0.1) is 26.4 Å². The van der Waals surface area contributed by atoms with Crippen LogP contribution in [0.1, 0.15) is 29.9 Å². The largest absolute Gasteiger partial charge is 0.507 e. The zero-order chi connectivity index (χ0) is 24.4. The number of Topliss-reactive ketones (excluding diaryl/α,β-unsaturated/α-hetero) is 1. The molecule has 0 bridgehead atoms. The van der Waals surface area contributed by atoms with Crippen LogP contribution in [0.25, 0.3) is 5.76 Å². The number of ketones is 1. The zero-order valence-electron chi connectivity index (χ0n) is 19.2. The predicted octanol–water partition coefficient (Wildman–Crippen LogP) is 4.03. The number of ether oxygens (including phenoxy) is 3. The summed E-state index contributed by atoms with van der Waals surface area (Å²) in [6.45, 7) is 4.03. The number of carbonyl (C=O) groups is 2. The molecule has 0 aliphatic carbocycles. The van der Waals surface area contributed by atoms with Crippen LogP contribution < -0.4 is 19.1 Å². The highest BCUT2D eigenvalue weighted by molar-refractivity contribution is 6.51. The lowest BCUT2D eigenvalue weighted by Crippen LogP contribution is -2.30. The van der Waals surface area contributed by atoms with Crippen LogP contribution >= 0.6 is 0 Å². The van der Waals surface area contributed by atoms with Gasteiger partial charge in [0, 0.05) is 17.2 Å². The lowest BCUT2D eigenvalue weighted by Gasteiger charge is -2.25. The van der Waals surface area contributed by atoms with E-state index in [9.17, 15) is 14.7 Å². The Bertz CT molecular complexity index is 1260. The fourth-order valence-corrected chi connectivity index (χ4v) is 3.99. The van der Waals surface area contributed by atoms with Gasteiger partial charge in [-0.2, -0.15) is 0 Å². The number of aliphatic hydroxyl groups excluding tert-OH is 1. The van der Waals surface area contributed by atoms with Crippen molar-refractivity contribution in [1.29, 1.82) is 0 Å².